The Balaban J connectivity index is 0.00000180. The van der Waals surface area contributed by atoms with E-state index in [2.05, 4.69) is 112 Å². The van der Waals surface area contributed by atoms with Crippen LogP contribution < -0.4 is 24.8 Å². The van der Waals surface area contributed by atoms with Crippen LogP contribution in [0.15, 0.2) is 56.9 Å². The minimum absolute atomic E-state index is 0. The molecule has 1 fully saturated rings. The SMILES string of the molecule is CC1=CC[C]([Zr+2]2([CH]3c4ccc(C(C)(C)C)cc4-c4cc(C(C)(C)C)ccc43)[CH2][CH2]2)=C1C(C)(C)C.[Cl-].[Cl-]. The molecule has 0 aromatic heterocycles. The summed E-state index contributed by atoms with van der Waals surface area (Å²) in [6.45, 7) is 23.8. The third-order valence-electron chi connectivity index (χ3n) is 8.75. The quantitative estimate of drug-likeness (QED) is 0.488. The largest absolute Gasteiger partial charge is 1.00 e. The van der Waals surface area contributed by atoms with Crippen LogP contribution in [0, 0.1) is 5.41 Å². The van der Waals surface area contributed by atoms with E-state index >= 15 is 0 Å². The number of benzene rings is 2. The van der Waals surface area contributed by atoms with Crippen LogP contribution in [0.5, 0.6) is 0 Å². The molecule has 5 rings (SSSR count). The second-order valence-corrected chi connectivity index (χ2v) is 25.4. The zero-order valence-electron chi connectivity index (χ0n) is 24.0. The summed E-state index contributed by atoms with van der Waals surface area (Å²) < 4.78 is 5.68. The average Bonchev–Trinajstić information content (AvgIpc) is 3.28. The van der Waals surface area contributed by atoms with Crippen molar-refractivity contribution in [1.82, 2.24) is 0 Å². The number of rotatable bonds is 2. The molecule has 1 heterocycles. The molecular formula is C33H44Cl2Zr. The Labute approximate surface area is 237 Å². The first-order chi connectivity index (χ1) is 15.6. The van der Waals surface area contributed by atoms with Crippen LogP contribution in [-0.4, -0.2) is 0 Å². The van der Waals surface area contributed by atoms with Crippen LogP contribution in [0.4, 0.5) is 0 Å². The summed E-state index contributed by atoms with van der Waals surface area (Å²) in [5, 5.41) is 0. The van der Waals surface area contributed by atoms with Gasteiger partial charge in [-0.25, -0.2) is 0 Å². The molecule has 0 atom stereocenters. The maximum absolute atomic E-state index is 2.57. The average molecular weight is 603 g/mol. The molecular weight excluding hydrogens is 558 g/mol. The van der Waals surface area contributed by atoms with Crippen molar-refractivity contribution in [3.63, 3.8) is 0 Å². The zero-order chi connectivity index (χ0) is 24.8. The Morgan fingerprint density at radius 2 is 1.11 bits per heavy atom. The van der Waals surface area contributed by atoms with Crippen molar-refractivity contribution in [3.05, 3.63) is 79.2 Å². The van der Waals surface area contributed by atoms with Crippen LogP contribution in [0.2, 0.25) is 8.26 Å². The smallest absolute Gasteiger partial charge is 1.00 e. The van der Waals surface area contributed by atoms with Crippen molar-refractivity contribution in [2.75, 3.05) is 0 Å². The molecule has 3 heteroatoms. The fourth-order valence-corrected chi connectivity index (χ4v) is 23.3. The fraction of sp³-hybridized carbons (Fsp3) is 0.515. The second kappa shape index (κ2) is 9.54. The first-order valence-electron chi connectivity index (χ1n) is 13.3. The maximum Gasteiger partial charge on any atom is -1.00 e. The van der Waals surface area contributed by atoms with Crippen molar-refractivity contribution in [3.8, 4) is 11.1 Å². The van der Waals surface area contributed by atoms with Gasteiger partial charge in [0.15, 0.2) is 0 Å². The Bertz CT molecular complexity index is 1170. The van der Waals surface area contributed by atoms with Crippen molar-refractivity contribution in [2.24, 2.45) is 5.41 Å². The van der Waals surface area contributed by atoms with Crippen LogP contribution in [0.3, 0.4) is 0 Å². The van der Waals surface area contributed by atoms with Crippen molar-refractivity contribution >= 4 is 0 Å². The van der Waals surface area contributed by atoms with E-state index in [9.17, 15) is 0 Å². The molecule has 0 radical (unpaired) electrons. The van der Waals surface area contributed by atoms with Crippen LogP contribution in [-0.2, 0) is 31.1 Å². The fourth-order valence-electron chi connectivity index (χ4n) is 6.87. The normalized spacial score (nSPS) is 17.9. The van der Waals surface area contributed by atoms with Crippen LogP contribution >= 0.6 is 0 Å². The third kappa shape index (κ3) is 4.80. The molecule has 0 amide bonds. The number of hydrogen-bond acceptors (Lipinski definition) is 0. The van der Waals surface area contributed by atoms with Crippen molar-refractivity contribution in [1.29, 1.82) is 0 Å². The van der Waals surface area contributed by atoms with Gasteiger partial charge in [0.05, 0.1) is 0 Å². The van der Waals surface area contributed by atoms with Gasteiger partial charge in [-0.2, -0.15) is 0 Å². The summed E-state index contributed by atoms with van der Waals surface area (Å²) in [7, 11) is 0. The summed E-state index contributed by atoms with van der Waals surface area (Å²) in [5.41, 5.74) is 13.2. The van der Waals surface area contributed by atoms with Crippen LogP contribution in [0.1, 0.15) is 102 Å². The van der Waals surface area contributed by atoms with Gasteiger partial charge in [-0.3, -0.25) is 0 Å². The second-order valence-electron chi connectivity index (χ2n) is 14.4. The molecule has 3 aliphatic rings. The van der Waals surface area contributed by atoms with Crippen molar-refractivity contribution < 1.29 is 45.1 Å². The molecule has 2 aromatic rings. The molecule has 2 aromatic carbocycles. The minimum atomic E-state index is -2.57. The minimum Gasteiger partial charge on any atom is -1.00 e. The summed E-state index contributed by atoms with van der Waals surface area (Å²) in [6.07, 6.45) is 3.78. The molecule has 1 aliphatic heterocycles. The van der Waals surface area contributed by atoms with E-state index in [1.54, 1.807) is 33.4 Å². The maximum atomic E-state index is 2.56. The predicted molar refractivity (Wildman–Crippen MR) is 146 cm³/mol. The van der Waals surface area contributed by atoms with E-state index in [0.717, 1.165) is 0 Å². The Morgan fingerprint density at radius 1 is 0.667 bits per heavy atom. The molecule has 0 N–H and O–H groups in total. The summed E-state index contributed by atoms with van der Waals surface area (Å²) in [4.78, 5) is 0. The molecule has 0 bridgehead atoms. The van der Waals surface area contributed by atoms with Gasteiger partial charge in [-0.1, -0.05) is 0 Å². The first-order valence-corrected chi connectivity index (χ1v) is 19.5. The molecule has 0 saturated carbocycles. The Kier molecular flexibility index (Phi) is 7.93. The van der Waals surface area contributed by atoms with Gasteiger partial charge in [0.2, 0.25) is 0 Å². The summed E-state index contributed by atoms with van der Waals surface area (Å²) in [5.74, 6) is 0. The topological polar surface area (TPSA) is 0 Å². The number of halogens is 2. The standard InChI is InChI=1S/C21H25.C10H15.C2H4.2ClH.Zr/c1-20(2,3)16-9-7-14-11-15-8-10-17(21(4,5)6)13-19(15)18(14)12-16;1-8-6-5-7-9(8)10(2,3)4;1-2;;;/h7-13H,1-6H3;6H,5H2,1-4H3;1-2H2;2*1H;/q;;;;;+2/p-2. The number of allylic oxidation sites excluding steroid dienone is 4. The zero-order valence-corrected chi connectivity index (χ0v) is 28.0. The van der Waals surface area contributed by atoms with Crippen molar-refractivity contribution in [2.45, 2.75) is 98.4 Å². The van der Waals surface area contributed by atoms with E-state index in [1.807, 2.05) is 3.28 Å². The van der Waals surface area contributed by atoms with E-state index < -0.39 is 20.3 Å². The summed E-state index contributed by atoms with van der Waals surface area (Å²) >= 11 is -2.57. The van der Waals surface area contributed by atoms with Crippen LogP contribution in [0.25, 0.3) is 11.1 Å². The molecule has 1 saturated heterocycles. The first kappa shape index (κ1) is 29.9. The van der Waals surface area contributed by atoms with Gasteiger partial charge >= 0.3 is 214 Å². The molecule has 0 spiro atoms. The Morgan fingerprint density at radius 3 is 1.47 bits per heavy atom. The summed E-state index contributed by atoms with van der Waals surface area (Å²) in [6, 6.07) is 15.1. The Hall–Kier alpha value is -0.617. The van der Waals surface area contributed by atoms with E-state index in [4.69, 9.17) is 0 Å². The third-order valence-corrected chi connectivity index (χ3v) is 20.9. The molecule has 0 unspecified atom stereocenters. The van der Waals surface area contributed by atoms with E-state index in [1.165, 1.54) is 25.8 Å². The molecule has 0 nitrogen and oxygen atoms in total. The van der Waals surface area contributed by atoms with Gasteiger partial charge in [0, 0.05) is 0 Å². The van der Waals surface area contributed by atoms with E-state index in [0.29, 0.717) is 3.63 Å². The molecule has 194 valence electrons. The molecule has 36 heavy (non-hydrogen) atoms. The van der Waals surface area contributed by atoms with Gasteiger partial charge in [-0.15, -0.1) is 0 Å². The number of fused-ring (bicyclic) bond motifs is 3. The molecule has 2 aliphatic carbocycles. The van der Waals surface area contributed by atoms with Gasteiger partial charge in [0.1, 0.15) is 0 Å². The number of hydrogen-bond donors (Lipinski definition) is 0. The van der Waals surface area contributed by atoms with Gasteiger partial charge in [0.25, 0.3) is 0 Å². The van der Waals surface area contributed by atoms with E-state index in [-0.39, 0.29) is 41.1 Å². The van der Waals surface area contributed by atoms with Gasteiger partial charge in [-0.05, 0) is 0 Å². The van der Waals surface area contributed by atoms with Gasteiger partial charge < -0.3 is 24.8 Å². The predicted octanol–water partition coefficient (Wildman–Crippen LogP) is 4.01. The monoisotopic (exact) mass is 600 g/mol.